The number of nitrogens with one attached hydrogen (secondary N) is 2. The molecule has 8 nitrogen and oxygen atoms in total. The number of fused-ring (bicyclic) bond motifs is 1. The molecule has 0 spiro atoms. The van der Waals surface area contributed by atoms with Crippen molar-refractivity contribution in [3.63, 3.8) is 0 Å². The summed E-state index contributed by atoms with van der Waals surface area (Å²) in [4.78, 5) is 19.1. The number of methoxy groups -OCH3 is 1. The number of H-pyrrole nitrogens is 1. The largest absolute Gasteiger partial charge is 0.474 e. The zero-order valence-corrected chi connectivity index (χ0v) is 18.1. The number of halogens is 3. The van der Waals surface area contributed by atoms with Gasteiger partial charge in [-0.15, -0.1) is 5.10 Å². The van der Waals surface area contributed by atoms with Gasteiger partial charge >= 0.3 is 6.18 Å². The Morgan fingerprint density at radius 1 is 1.27 bits per heavy atom. The molecule has 176 valence electrons. The van der Waals surface area contributed by atoms with Gasteiger partial charge in [-0.3, -0.25) is 9.89 Å². The summed E-state index contributed by atoms with van der Waals surface area (Å²) in [5, 5.41) is 10.2. The molecule has 3 aromatic rings. The van der Waals surface area contributed by atoms with Crippen molar-refractivity contribution in [2.45, 2.75) is 18.1 Å². The number of alkyl halides is 3. The first-order chi connectivity index (χ1) is 15.8. The molecule has 1 aromatic carbocycles. The first-order valence-electron chi connectivity index (χ1n) is 10.4. The molecule has 1 fully saturated rings. The van der Waals surface area contributed by atoms with E-state index in [0.29, 0.717) is 36.6 Å². The van der Waals surface area contributed by atoms with Crippen molar-refractivity contribution in [1.29, 1.82) is 0 Å². The highest BCUT2D eigenvalue weighted by molar-refractivity contribution is 5.98. The Labute approximate surface area is 188 Å². The first-order valence-corrected chi connectivity index (χ1v) is 10.4. The van der Waals surface area contributed by atoms with E-state index in [9.17, 15) is 18.0 Å². The molecule has 0 aliphatic carbocycles. The monoisotopic (exact) mass is 463 g/mol. The molecular formula is C22H24F3N5O3. The highest BCUT2D eigenvalue weighted by atomic mass is 19.4. The molecule has 2 atom stereocenters. The third-order valence-corrected chi connectivity index (χ3v) is 5.65. The van der Waals surface area contributed by atoms with Crippen molar-refractivity contribution >= 4 is 16.9 Å². The third kappa shape index (κ3) is 4.93. The predicted octanol–water partition coefficient (Wildman–Crippen LogP) is 2.83. The second-order valence-corrected chi connectivity index (χ2v) is 7.98. The smallest absolute Gasteiger partial charge is 0.416 e. The van der Waals surface area contributed by atoms with Crippen LogP contribution in [0.2, 0.25) is 0 Å². The summed E-state index contributed by atoms with van der Waals surface area (Å²) in [7, 11) is 3.37. The predicted molar refractivity (Wildman–Crippen MR) is 114 cm³/mol. The van der Waals surface area contributed by atoms with E-state index in [-0.39, 0.29) is 17.7 Å². The van der Waals surface area contributed by atoms with E-state index in [4.69, 9.17) is 9.47 Å². The molecule has 1 aliphatic heterocycles. The zero-order chi connectivity index (χ0) is 23.6. The van der Waals surface area contributed by atoms with Gasteiger partial charge in [0.05, 0.1) is 23.1 Å². The van der Waals surface area contributed by atoms with Crippen LogP contribution in [0.15, 0.2) is 36.5 Å². The van der Waals surface area contributed by atoms with Crippen LogP contribution in [0.4, 0.5) is 13.2 Å². The molecule has 0 bridgehead atoms. The maximum absolute atomic E-state index is 13.6. The van der Waals surface area contributed by atoms with Gasteiger partial charge in [0.1, 0.15) is 6.61 Å². The van der Waals surface area contributed by atoms with E-state index in [1.807, 2.05) is 11.9 Å². The molecule has 2 aromatic heterocycles. The van der Waals surface area contributed by atoms with E-state index >= 15 is 0 Å². The topological polar surface area (TPSA) is 92.4 Å². The number of nitrogens with zero attached hydrogens (tertiary/aromatic N) is 3. The Hall–Kier alpha value is -3.18. The Bertz CT molecular complexity index is 1130. The fourth-order valence-corrected chi connectivity index (χ4v) is 4.13. The molecule has 11 heteroatoms. The van der Waals surface area contributed by atoms with Gasteiger partial charge in [-0.1, -0.05) is 18.2 Å². The number of carbonyl (C=O) groups is 1. The Balaban J connectivity index is 1.56. The molecule has 3 heterocycles. The Morgan fingerprint density at radius 2 is 2.06 bits per heavy atom. The Morgan fingerprint density at radius 3 is 2.82 bits per heavy atom. The van der Waals surface area contributed by atoms with Gasteiger partial charge in [0.25, 0.3) is 5.91 Å². The van der Waals surface area contributed by atoms with Crippen molar-refractivity contribution in [3.05, 3.63) is 53.2 Å². The summed E-state index contributed by atoms with van der Waals surface area (Å²) in [5.41, 5.74) is 0.218. The number of carbonyl (C=O) groups excluding carboxylic acids is 1. The zero-order valence-electron chi connectivity index (χ0n) is 18.1. The number of hydrogen-bond acceptors (Lipinski definition) is 6. The van der Waals surface area contributed by atoms with Crippen LogP contribution in [-0.2, 0) is 10.9 Å². The average molecular weight is 463 g/mol. The van der Waals surface area contributed by atoms with Crippen molar-refractivity contribution in [3.8, 4) is 5.88 Å². The van der Waals surface area contributed by atoms with Gasteiger partial charge in [0.2, 0.25) is 5.88 Å². The lowest BCUT2D eigenvalue weighted by Crippen LogP contribution is -2.40. The van der Waals surface area contributed by atoms with E-state index in [1.54, 1.807) is 19.2 Å². The highest BCUT2D eigenvalue weighted by Gasteiger charge is 2.40. The number of pyridine rings is 1. The minimum Gasteiger partial charge on any atom is -0.474 e. The van der Waals surface area contributed by atoms with Crippen LogP contribution in [0.1, 0.15) is 27.4 Å². The standard InChI is InChI=1S/C22H24F3N5O3/c1-30-11-16(14-5-3-4-6-17(14)22(23,24)25)18(12-30)27-20(31)13-9-15-19(26-10-13)28-29-21(15)33-8-7-32-2/h3-6,9-10,16,18H,7-8,11-12H2,1-2H3,(H,27,31)(H,26,28,29)/t16-,18-/m0/s1. The number of amides is 1. The quantitative estimate of drug-likeness (QED) is 0.524. The summed E-state index contributed by atoms with van der Waals surface area (Å²) in [6.07, 6.45) is -3.08. The van der Waals surface area contributed by atoms with E-state index in [0.717, 1.165) is 6.07 Å². The summed E-state index contributed by atoms with van der Waals surface area (Å²) >= 11 is 0. The van der Waals surface area contributed by atoms with E-state index in [2.05, 4.69) is 20.5 Å². The fraction of sp³-hybridized carbons (Fsp3) is 0.409. The maximum atomic E-state index is 13.6. The molecule has 4 rings (SSSR count). The molecule has 0 radical (unpaired) electrons. The Kier molecular flexibility index (Phi) is 6.52. The molecule has 0 unspecified atom stereocenters. The number of likely N-dealkylation sites (N-methyl/N-ethyl adjacent to an activating group) is 1. The molecular weight excluding hydrogens is 439 g/mol. The summed E-state index contributed by atoms with van der Waals surface area (Å²) < 4.78 is 51.3. The van der Waals surface area contributed by atoms with Crippen LogP contribution < -0.4 is 10.1 Å². The van der Waals surface area contributed by atoms with Crippen molar-refractivity contribution < 1.29 is 27.4 Å². The molecule has 1 aliphatic rings. The van der Waals surface area contributed by atoms with Crippen molar-refractivity contribution in [2.75, 3.05) is 40.5 Å². The second kappa shape index (κ2) is 9.36. The molecule has 33 heavy (non-hydrogen) atoms. The average Bonchev–Trinajstić information content (AvgIpc) is 3.35. The normalized spacial score (nSPS) is 19.2. The van der Waals surface area contributed by atoms with Crippen molar-refractivity contribution in [1.82, 2.24) is 25.4 Å². The molecule has 0 saturated carbocycles. The summed E-state index contributed by atoms with van der Waals surface area (Å²) in [6.45, 7) is 1.48. The second-order valence-electron chi connectivity index (χ2n) is 7.98. The van der Waals surface area contributed by atoms with Gasteiger partial charge in [0, 0.05) is 38.4 Å². The SMILES string of the molecule is COCCOc1n[nH]c2ncc(C(=O)N[C@H]3CN(C)C[C@H]3c3ccccc3C(F)(F)F)cc12. The third-order valence-electron chi connectivity index (χ3n) is 5.65. The molecule has 1 amide bonds. The maximum Gasteiger partial charge on any atom is 0.416 e. The lowest BCUT2D eigenvalue weighted by atomic mass is 9.90. The highest BCUT2D eigenvalue weighted by Crippen LogP contribution is 2.38. The number of hydrogen-bond donors (Lipinski definition) is 2. The number of ether oxygens (including phenoxy) is 2. The van der Waals surface area contributed by atoms with Crippen LogP contribution in [0.3, 0.4) is 0 Å². The van der Waals surface area contributed by atoms with Crippen LogP contribution >= 0.6 is 0 Å². The van der Waals surface area contributed by atoms with E-state index < -0.39 is 29.6 Å². The minimum absolute atomic E-state index is 0.178. The van der Waals surface area contributed by atoms with Crippen LogP contribution in [0, 0.1) is 0 Å². The van der Waals surface area contributed by atoms with Crippen LogP contribution in [0.5, 0.6) is 5.88 Å². The van der Waals surface area contributed by atoms with Gasteiger partial charge in [-0.05, 0) is 24.7 Å². The summed E-state index contributed by atoms with van der Waals surface area (Å²) in [6, 6.07) is 6.62. The van der Waals surface area contributed by atoms with Gasteiger partial charge in [-0.25, -0.2) is 4.98 Å². The molecule has 2 N–H and O–H groups in total. The van der Waals surface area contributed by atoms with Crippen LogP contribution in [-0.4, -0.2) is 72.5 Å². The minimum atomic E-state index is -4.47. The number of likely N-dealkylation sites (tertiary alicyclic amines) is 1. The first kappa shape index (κ1) is 23.0. The number of aromatic nitrogens is 3. The van der Waals surface area contributed by atoms with Crippen LogP contribution in [0.25, 0.3) is 11.0 Å². The van der Waals surface area contributed by atoms with Gasteiger partial charge in [0.15, 0.2) is 5.65 Å². The molecule has 1 saturated heterocycles. The fourth-order valence-electron chi connectivity index (χ4n) is 4.13. The van der Waals surface area contributed by atoms with Crippen molar-refractivity contribution in [2.24, 2.45) is 0 Å². The summed E-state index contributed by atoms with van der Waals surface area (Å²) in [5.74, 6) is -0.639. The lowest BCUT2D eigenvalue weighted by molar-refractivity contribution is -0.138. The number of rotatable bonds is 7. The lowest BCUT2D eigenvalue weighted by Gasteiger charge is -2.23. The number of benzene rings is 1. The number of aromatic amines is 1. The van der Waals surface area contributed by atoms with E-state index in [1.165, 1.54) is 18.3 Å². The van der Waals surface area contributed by atoms with Gasteiger partial charge < -0.3 is 19.7 Å². The van der Waals surface area contributed by atoms with Gasteiger partial charge in [-0.2, -0.15) is 13.2 Å².